The Hall–Kier alpha value is -4.43. The maximum atomic E-state index is 13.7. The van der Waals surface area contributed by atoms with Crippen molar-refractivity contribution >= 4 is 23.4 Å². The molecule has 0 radical (unpaired) electrons. The summed E-state index contributed by atoms with van der Waals surface area (Å²) in [5.74, 6) is 1.01. The van der Waals surface area contributed by atoms with Crippen LogP contribution in [0.1, 0.15) is 36.6 Å². The smallest absolute Gasteiger partial charge is 0.338 e. The van der Waals surface area contributed by atoms with Gasteiger partial charge in [-0.3, -0.25) is 9.36 Å². The number of fused-ring (bicyclic) bond motifs is 1. The third-order valence-electron chi connectivity index (χ3n) is 6.43. The van der Waals surface area contributed by atoms with Crippen molar-refractivity contribution in [1.82, 2.24) is 4.57 Å². The molecule has 0 saturated heterocycles. The molecule has 1 aromatic heterocycles. The lowest BCUT2D eigenvalue weighted by molar-refractivity contribution is -0.139. The molecule has 0 N–H and O–H groups in total. The van der Waals surface area contributed by atoms with Gasteiger partial charge in [0.1, 0.15) is 24.7 Å². The molecule has 0 saturated carbocycles. The summed E-state index contributed by atoms with van der Waals surface area (Å²) in [6.07, 6.45) is 1.82. The summed E-state index contributed by atoms with van der Waals surface area (Å²) in [5.41, 5.74) is 3.51. The fourth-order valence-electron chi connectivity index (χ4n) is 4.54. The van der Waals surface area contributed by atoms with Gasteiger partial charge >= 0.3 is 5.97 Å². The lowest BCUT2D eigenvalue weighted by Crippen LogP contribution is -2.39. The number of carbonyl (C=O) groups is 1. The first-order valence-electron chi connectivity index (χ1n) is 13.1. The van der Waals surface area contributed by atoms with E-state index in [1.165, 1.54) is 16.9 Å². The van der Waals surface area contributed by atoms with E-state index >= 15 is 0 Å². The molecule has 0 fully saturated rings. The summed E-state index contributed by atoms with van der Waals surface area (Å²) in [5, 5.41) is 0. The van der Waals surface area contributed by atoms with Crippen LogP contribution in [-0.4, -0.2) is 30.4 Å². The van der Waals surface area contributed by atoms with Crippen LogP contribution in [-0.2, 0) is 9.53 Å². The van der Waals surface area contributed by atoms with Gasteiger partial charge in [-0.15, -0.1) is 0 Å². The van der Waals surface area contributed by atoms with Crippen LogP contribution in [0.5, 0.6) is 11.5 Å². The molecule has 2 heterocycles. The standard InChI is InChI=1S/C32H30N2O5S/c1-4-37-31(36)28-22(3)33-32-34(29(28)24-10-6-5-7-11-24)30(35)27(40-32)20-23-9-8-12-26(19-23)39-18-17-38-25-15-13-21(2)14-16-25/h5-16,19-20,29H,4,17-18H2,1-3H3/b27-20+/t29-/m0/s1. The third-order valence-corrected chi connectivity index (χ3v) is 7.41. The number of hydrogen-bond acceptors (Lipinski definition) is 7. The molecule has 4 aromatic rings. The highest BCUT2D eigenvalue weighted by atomic mass is 32.1. The molecule has 204 valence electrons. The van der Waals surface area contributed by atoms with Gasteiger partial charge in [0.25, 0.3) is 5.56 Å². The van der Waals surface area contributed by atoms with Gasteiger partial charge in [0.15, 0.2) is 4.80 Å². The summed E-state index contributed by atoms with van der Waals surface area (Å²) in [6.45, 7) is 6.60. The van der Waals surface area contributed by atoms with Gasteiger partial charge in [0.05, 0.1) is 28.5 Å². The Morgan fingerprint density at radius 2 is 1.68 bits per heavy atom. The molecule has 40 heavy (non-hydrogen) atoms. The predicted octanol–water partition coefficient (Wildman–Crippen LogP) is 4.56. The SMILES string of the molecule is CCOC(=O)C1=C(C)N=c2s/c(=C/c3cccc(OCCOc4ccc(C)cc4)c3)c(=O)n2[C@H]1c1ccccc1. The molecular formula is C32H30N2O5S. The van der Waals surface area contributed by atoms with Gasteiger partial charge in [0, 0.05) is 0 Å². The van der Waals surface area contributed by atoms with Gasteiger partial charge in [-0.1, -0.05) is 71.5 Å². The molecule has 1 aliphatic rings. The van der Waals surface area contributed by atoms with Gasteiger partial charge in [-0.2, -0.15) is 0 Å². The number of aromatic nitrogens is 1. The van der Waals surface area contributed by atoms with Crippen LogP contribution in [0.3, 0.4) is 0 Å². The zero-order valence-corrected chi connectivity index (χ0v) is 23.4. The molecule has 0 spiro atoms. The summed E-state index contributed by atoms with van der Waals surface area (Å²) >= 11 is 1.29. The molecule has 8 heteroatoms. The van der Waals surface area contributed by atoms with Gasteiger partial charge in [-0.05, 0) is 62.2 Å². The molecule has 0 unspecified atom stereocenters. The van der Waals surface area contributed by atoms with Gasteiger partial charge in [0.2, 0.25) is 0 Å². The highest BCUT2D eigenvalue weighted by Gasteiger charge is 2.33. The summed E-state index contributed by atoms with van der Waals surface area (Å²) in [6, 6.07) is 24.3. The molecule has 0 amide bonds. The average molecular weight is 555 g/mol. The van der Waals surface area contributed by atoms with E-state index in [4.69, 9.17) is 14.2 Å². The Kier molecular flexibility index (Phi) is 8.26. The third kappa shape index (κ3) is 5.92. The number of ether oxygens (including phenoxy) is 3. The Bertz CT molecular complexity index is 1720. The van der Waals surface area contributed by atoms with Gasteiger partial charge < -0.3 is 14.2 Å². The van der Waals surface area contributed by atoms with Crippen molar-refractivity contribution in [2.75, 3.05) is 19.8 Å². The second-order valence-electron chi connectivity index (χ2n) is 9.30. The van der Waals surface area contributed by atoms with Crippen LogP contribution in [0.25, 0.3) is 6.08 Å². The number of thiazole rings is 1. The number of hydrogen-bond donors (Lipinski definition) is 0. The number of benzene rings is 3. The van der Waals surface area contributed by atoms with Crippen LogP contribution in [0.15, 0.2) is 99.9 Å². The molecule has 3 aromatic carbocycles. The van der Waals surface area contributed by atoms with E-state index in [-0.39, 0.29) is 12.2 Å². The Morgan fingerprint density at radius 1 is 0.950 bits per heavy atom. The summed E-state index contributed by atoms with van der Waals surface area (Å²) in [4.78, 5) is 31.9. The Balaban J connectivity index is 1.42. The Labute approximate surface area is 236 Å². The van der Waals surface area contributed by atoms with E-state index in [0.717, 1.165) is 16.9 Å². The van der Waals surface area contributed by atoms with Crippen LogP contribution in [0.2, 0.25) is 0 Å². The van der Waals surface area contributed by atoms with Crippen LogP contribution in [0, 0.1) is 6.92 Å². The van der Waals surface area contributed by atoms with Crippen molar-refractivity contribution in [3.63, 3.8) is 0 Å². The van der Waals surface area contributed by atoms with Crippen molar-refractivity contribution in [1.29, 1.82) is 0 Å². The topological polar surface area (TPSA) is 79.1 Å². The second-order valence-corrected chi connectivity index (χ2v) is 10.3. The van der Waals surface area contributed by atoms with Crippen LogP contribution >= 0.6 is 11.3 Å². The minimum atomic E-state index is -0.623. The lowest BCUT2D eigenvalue weighted by atomic mass is 9.96. The van der Waals surface area contributed by atoms with E-state index in [9.17, 15) is 9.59 Å². The van der Waals surface area contributed by atoms with E-state index in [1.807, 2.05) is 91.9 Å². The highest BCUT2D eigenvalue weighted by Crippen LogP contribution is 2.30. The first-order chi connectivity index (χ1) is 19.4. The number of nitrogens with zero attached hydrogens (tertiary/aromatic N) is 2. The van der Waals surface area contributed by atoms with E-state index < -0.39 is 12.0 Å². The maximum Gasteiger partial charge on any atom is 0.338 e. The van der Waals surface area contributed by atoms with Crippen LogP contribution < -0.4 is 24.4 Å². The number of rotatable bonds is 9. The lowest BCUT2D eigenvalue weighted by Gasteiger charge is -2.24. The molecule has 7 nitrogen and oxygen atoms in total. The normalized spacial score (nSPS) is 14.9. The predicted molar refractivity (Wildman–Crippen MR) is 155 cm³/mol. The number of carbonyl (C=O) groups excluding carboxylic acids is 1. The minimum absolute atomic E-state index is 0.218. The van der Waals surface area contributed by atoms with Crippen molar-refractivity contribution < 1.29 is 19.0 Å². The monoisotopic (exact) mass is 554 g/mol. The van der Waals surface area contributed by atoms with Crippen molar-refractivity contribution in [3.05, 3.63) is 127 Å². The molecule has 0 aliphatic carbocycles. The zero-order chi connectivity index (χ0) is 28.1. The van der Waals surface area contributed by atoms with Crippen LogP contribution in [0.4, 0.5) is 0 Å². The molecule has 1 atom stereocenters. The van der Waals surface area contributed by atoms with Crippen molar-refractivity contribution in [2.24, 2.45) is 4.99 Å². The second kappa shape index (κ2) is 12.2. The minimum Gasteiger partial charge on any atom is -0.490 e. The molecule has 1 aliphatic heterocycles. The van der Waals surface area contributed by atoms with Crippen molar-refractivity contribution in [2.45, 2.75) is 26.8 Å². The summed E-state index contributed by atoms with van der Waals surface area (Å²) in [7, 11) is 0. The van der Waals surface area contributed by atoms with Crippen molar-refractivity contribution in [3.8, 4) is 11.5 Å². The van der Waals surface area contributed by atoms with E-state index in [0.29, 0.717) is 39.6 Å². The maximum absolute atomic E-state index is 13.7. The summed E-state index contributed by atoms with van der Waals surface area (Å²) < 4.78 is 19.1. The molecule has 0 bridgehead atoms. The number of aryl methyl sites for hydroxylation is 1. The fraction of sp³-hybridized carbons (Fsp3) is 0.219. The quantitative estimate of drug-likeness (QED) is 0.224. The number of allylic oxidation sites excluding steroid dienone is 1. The largest absolute Gasteiger partial charge is 0.490 e. The highest BCUT2D eigenvalue weighted by molar-refractivity contribution is 7.07. The molecular weight excluding hydrogens is 524 g/mol. The average Bonchev–Trinajstić information content (AvgIpc) is 3.26. The number of esters is 1. The van der Waals surface area contributed by atoms with Gasteiger partial charge in [-0.25, -0.2) is 9.79 Å². The van der Waals surface area contributed by atoms with E-state index in [1.54, 1.807) is 18.4 Å². The first-order valence-corrected chi connectivity index (χ1v) is 13.9. The van der Waals surface area contributed by atoms with E-state index in [2.05, 4.69) is 4.99 Å². The molecule has 5 rings (SSSR count). The fourth-order valence-corrected chi connectivity index (χ4v) is 5.59. The Morgan fingerprint density at radius 3 is 2.40 bits per heavy atom. The zero-order valence-electron chi connectivity index (χ0n) is 22.6. The first kappa shape index (κ1) is 27.1.